The molecule has 0 aromatic heterocycles. The van der Waals surface area contributed by atoms with Gasteiger partial charge in [0.25, 0.3) is 0 Å². The fourth-order valence-corrected chi connectivity index (χ4v) is 0.812. The molecule has 0 unspecified atom stereocenters. The Balaban J connectivity index is 3.53. The van der Waals surface area contributed by atoms with Crippen molar-refractivity contribution >= 4 is 11.9 Å². The van der Waals surface area contributed by atoms with Gasteiger partial charge in [0, 0.05) is 12.5 Å². The average Bonchev–Trinajstić information content (AvgIpc) is 2.14. The first kappa shape index (κ1) is 13.2. The topological polar surface area (TPSA) is 74.6 Å². The third-order valence-electron chi connectivity index (χ3n) is 1.47. The molecular formula is C11H14O4. The van der Waals surface area contributed by atoms with Crippen molar-refractivity contribution in [3.63, 3.8) is 0 Å². The number of unbranched alkanes of at least 4 members (excludes halogenated alkanes) is 1. The highest BCUT2D eigenvalue weighted by molar-refractivity contribution is 5.80. The quantitative estimate of drug-likeness (QED) is 0.383. The van der Waals surface area contributed by atoms with E-state index in [1.54, 1.807) is 18.2 Å². The van der Waals surface area contributed by atoms with Gasteiger partial charge in [-0.1, -0.05) is 30.4 Å². The van der Waals surface area contributed by atoms with Crippen molar-refractivity contribution in [2.45, 2.75) is 19.3 Å². The van der Waals surface area contributed by atoms with Gasteiger partial charge in [0.15, 0.2) is 0 Å². The number of hydrogen-bond acceptors (Lipinski definition) is 2. The van der Waals surface area contributed by atoms with Gasteiger partial charge in [-0.2, -0.15) is 0 Å². The fraction of sp³-hybridized carbons (Fsp3) is 0.273. The molecule has 0 heterocycles. The van der Waals surface area contributed by atoms with Gasteiger partial charge in [-0.25, -0.2) is 4.79 Å². The standard InChI is InChI=1S/C11H14O4/c12-10(13)8-6-4-2-1-3-5-7-9-11(14)15/h1-4,6,8H,5,7,9H2,(H,12,13)(H,14,15). The molecule has 0 radical (unpaired) electrons. The summed E-state index contributed by atoms with van der Waals surface area (Å²) in [5, 5.41) is 16.6. The first-order valence-corrected chi connectivity index (χ1v) is 4.57. The molecule has 15 heavy (non-hydrogen) atoms. The van der Waals surface area contributed by atoms with Crippen LogP contribution in [0, 0.1) is 0 Å². The fourth-order valence-electron chi connectivity index (χ4n) is 0.812. The SMILES string of the molecule is O=C(O)C=CC=CC=CCCCC(=O)O. The zero-order valence-corrected chi connectivity index (χ0v) is 8.30. The van der Waals surface area contributed by atoms with Crippen molar-refractivity contribution in [2.75, 3.05) is 0 Å². The van der Waals surface area contributed by atoms with Crippen LogP contribution in [0.1, 0.15) is 19.3 Å². The zero-order chi connectivity index (χ0) is 11.5. The minimum Gasteiger partial charge on any atom is -0.481 e. The van der Waals surface area contributed by atoms with Crippen molar-refractivity contribution in [1.82, 2.24) is 0 Å². The predicted molar refractivity (Wildman–Crippen MR) is 56.5 cm³/mol. The number of carbonyl (C=O) groups is 2. The molecular weight excluding hydrogens is 196 g/mol. The van der Waals surface area contributed by atoms with Gasteiger partial charge in [0.1, 0.15) is 0 Å². The van der Waals surface area contributed by atoms with Crippen LogP contribution in [-0.2, 0) is 9.59 Å². The molecule has 0 aromatic carbocycles. The van der Waals surface area contributed by atoms with Gasteiger partial charge in [-0.3, -0.25) is 4.79 Å². The molecule has 0 aliphatic heterocycles. The predicted octanol–water partition coefficient (Wildman–Crippen LogP) is 1.99. The van der Waals surface area contributed by atoms with E-state index < -0.39 is 11.9 Å². The largest absolute Gasteiger partial charge is 0.481 e. The summed E-state index contributed by atoms with van der Waals surface area (Å²) in [6, 6.07) is 0. The molecule has 4 heteroatoms. The maximum absolute atomic E-state index is 10.1. The van der Waals surface area contributed by atoms with Crippen LogP contribution >= 0.6 is 0 Å². The molecule has 0 saturated carbocycles. The molecule has 0 spiro atoms. The lowest BCUT2D eigenvalue weighted by Gasteiger charge is -1.88. The van der Waals surface area contributed by atoms with Gasteiger partial charge < -0.3 is 10.2 Å². The molecule has 0 atom stereocenters. The number of rotatable bonds is 7. The zero-order valence-electron chi connectivity index (χ0n) is 8.30. The van der Waals surface area contributed by atoms with Gasteiger partial charge in [0.05, 0.1) is 0 Å². The summed E-state index contributed by atoms with van der Waals surface area (Å²) in [7, 11) is 0. The van der Waals surface area contributed by atoms with E-state index in [4.69, 9.17) is 10.2 Å². The van der Waals surface area contributed by atoms with Crippen LogP contribution in [-0.4, -0.2) is 22.2 Å². The van der Waals surface area contributed by atoms with E-state index in [2.05, 4.69) is 0 Å². The average molecular weight is 210 g/mol. The molecule has 0 bridgehead atoms. The lowest BCUT2D eigenvalue weighted by atomic mass is 10.2. The smallest absolute Gasteiger partial charge is 0.328 e. The van der Waals surface area contributed by atoms with E-state index in [0.717, 1.165) is 6.08 Å². The van der Waals surface area contributed by atoms with Gasteiger partial charge in [-0.15, -0.1) is 0 Å². The molecule has 0 fully saturated rings. The number of aliphatic carboxylic acids is 2. The third-order valence-corrected chi connectivity index (χ3v) is 1.47. The van der Waals surface area contributed by atoms with Crippen molar-refractivity contribution in [3.8, 4) is 0 Å². The van der Waals surface area contributed by atoms with Crippen LogP contribution in [0.25, 0.3) is 0 Å². The van der Waals surface area contributed by atoms with Gasteiger partial charge >= 0.3 is 11.9 Å². The number of hydrogen-bond donors (Lipinski definition) is 2. The summed E-state index contributed by atoms with van der Waals surface area (Å²) < 4.78 is 0. The van der Waals surface area contributed by atoms with Crippen molar-refractivity contribution in [2.24, 2.45) is 0 Å². The minimum absolute atomic E-state index is 0.174. The lowest BCUT2D eigenvalue weighted by molar-refractivity contribution is -0.137. The molecule has 82 valence electrons. The molecule has 0 aliphatic rings. The first-order chi connectivity index (χ1) is 7.13. The second kappa shape index (κ2) is 8.74. The Morgan fingerprint density at radius 3 is 2.27 bits per heavy atom. The van der Waals surface area contributed by atoms with Crippen molar-refractivity contribution in [1.29, 1.82) is 0 Å². The van der Waals surface area contributed by atoms with Gasteiger partial charge in [0.2, 0.25) is 0 Å². The molecule has 0 aliphatic carbocycles. The Bertz CT molecular complexity index is 287. The Hall–Kier alpha value is -1.84. The second-order valence-corrected chi connectivity index (χ2v) is 2.80. The van der Waals surface area contributed by atoms with Crippen LogP contribution < -0.4 is 0 Å². The summed E-state index contributed by atoms with van der Waals surface area (Å²) in [5.74, 6) is -1.77. The number of carboxylic acids is 2. The molecule has 0 amide bonds. The highest BCUT2D eigenvalue weighted by atomic mass is 16.4. The first-order valence-electron chi connectivity index (χ1n) is 4.57. The van der Waals surface area contributed by atoms with Crippen molar-refractivity contribution < 1.29 is 19.8 Å². The summed E-state index contributed by atoms with van der Waals surface area (Å²) in [6.07, 6.45) is 10.8. The minimum atomic E-state index is -0.981. The van der Waals surface area contributed by atoms with E-state index in [-0.39, 0.29) is 6.42 Å². The van der Waals surface area contributed by atoms with E-state index in [1.807, 2.05) is 6.08 Å². The maximum atomic E-state index is 10.1. The Labute approximate surface area is 88.2 Å². The van der Waals surface area contributed by atoms with Crippen LogP contribution in [0.15, 0.2) is 36.5 Å². The molecule has 0 saturated heterocycles. The molecule has 2 N–H and O–H groups in total. The second-order valence-electron chi connectivity index (χ2n) is 2.80. The van der Waals surface area contributed by atoms with Crippen LogP contribution in [0.2, 0.25) is 0 Å². The Morgan fingerprint density at radius 2 is 1.67 bits per heavy atom. The van der Waals surface area contributed by atoms with Crippen molar-refractivity contribution in [3.05, 3.63) is 36.5 Å². The number of carboxylic acid groups (broad SMARTS) is 2. The summed E-state index contributed by atoms with van der Waals surface area (Å²) in [6.45, 7) is 0. The van der Waals surface area contributed by atoms with E-state index >= 15 is 0 Å². The van der Waals surface area contributed by atoms with Crippen LogP contribution in [0.4, 0.5) is 0 Å². The van der Waals surface area contributed by atoms with Gasteiger partial charge in [-0.05, 0) is 12.8 Å². The normalized spacial score (nSPS) is 11.7. The third kappa shape index (κ3) is 12.2. The van der Waals surface area contributed by atoms with E-state index in [0.29, 0.717) is 12.8 Å². The lowest BCUT2D eigenvalue weighted by Crippen LogP contribution is -1.92. The molecule has 4 nitrogen and oxygen atoms in total. The van der Waals surface area contributed by atoms with E-state index in [9.17, 15) is 9.59 Å². The van der Waals surface area contributed by atoms with Crippen LogP contribution in [0.5, 0.6) is 0 Å². The van der Waals surface area contributed by atoms with E-state index in [1.165, 1.54) is 6.08 Å². The van der Waals surface area contributed by atoms with Crippen LogP contribution in [0.3, 0.4) is 0 Å². The molecule has 0 rings (SSSR count). The summed E-state index contributed by atoms with van der Waals surface area (Å²) >= 11 is 0. The highest BCUT2D eigenvalue weighted by Gasteiger charge is 1.92. The number of allylic oxidation sites excluding steroid dienone is 5. The summed E-state index contributed by atoms with van der Waals surface area (Å²) in [4.78, 5) is 20.2. The monoisotopic (exact) mass is 210 g/mol. The Morgan fingerprint density at radius 1 is 1.00 bits per heavy atom. The Kier molecular flexibility index (Phi) is 7.67. The maximum Gasteiger partial charge on any atom is 0.328 e. The highest BCUT2D eigenvalue weighted by Crippen LogP contribution is 1.96. The molecule has 0 aromatic rings. The summed E-state index contributed by atoms with van der Waals surface area (Å²) in [5.41, 5.74) is 0.